The van der Waals surface area contributed by atoms with Gasteiger partial charge in [0.1, 0.15) is 5.69 Å². The van der Waals surface area contributed by atoms with Crippen LogP contribution in [0.25, 0.3) is 0 Å². The molecule has 0 aromatic carbocycles. The van der Waals surface area contributed by atoms with Crippen LogP contribution in [-0.2, 0) is 12.5 Å². The minimum absolute atomic E-state index is 0.0482. The molecule has 118 valence electrons. The van der Waals surface area contributed by atoms with Crippen molar-refractivity contribution in [3.63, 3.8) is 0 Å². The van der Waals surface area contributed by atoms with Gasteiger partial charge in [-0.05, 0) is 37.7 Å². The molecule has 1 aliphatic rings. The highest BCUT2D eigenvalue weighted by Crippen LogP contribution is 2.25. The Hall–Kier alpha value is -1.36. The van der Waals surface area contributed by atoms with Gasteiger partial charge >= 0.3 is 0 Å². The summed E-state index contributed by atoms with van der Waals surface area (Å²) in [5.74, 6) is 0.357. The monoisotopic (exact) mass is 293 g/mol. The Kier molecular flexibility index (Phi) is 4.71. The maximum absolute atomic E-state index is 12.4. The van der Waals surface area contributed by atoms with Crippen molar-refractivity contribution in [2.75, 3.05) is 6.61 Å². The molecule has 1 heterocycles. The fraction of sp³-hybridized carbons (Fsp3) is 0.750. The molecule has 0 aliphatic heterocycles. The molecule has 0 spiro atoms. The van der Waals surface area contributed by atoms with E-state index < -0.39 is 0 Å². The second-order valence-corrected chi connectivity index (χ2v) is 7.16. The van der Waals surface area contributed by atoms with Crippen molar-refractivity contribution in [2.45, 2.75) is 57.9 Å². The molecule has 5 heteroatoms. The van der Waals surface area contributed by atoms with Crippen LogP contribution >= 0.6 is 0 Å². The van der Waals surface area contributed by atoms with Crippen molar-refractivity contribution < 1.29 is 9.90 Å². The number of carbonyl (C=O) groups is 1. The molecule has 0 saturated heterocycles. The number of aryl methyl sites for hydroxylation is 1. The Bertz CT molecular complexity index is 494. The van der Waals surface area contributed by atoms with Crippen LogP contribution in [0.1, 0.15) is 62.6 Å². The van der Waals surface area contributed by atoms with Crippen LogP contribution in [0.15, 0.2) is 6.07 Å². The van der Waals surface area contributed by atoms with Gasteiger partial charge in [-0.3, -0.25) is 9.48 Å². The summed E-state index contributed by atoms with van der Waals surface area (Å²) >= 11 is 0. The van der Waals surface area contributed by atoms with Crippen molar-refractivity contribution in [3.8, 4) is 0 Å². The van der Waals surface area contributed by atoms with Crippen LogP contribution in [0.2, 0.25) is 0 Å². The van der Waals surface area contributed by atoms with E-state index in [9.17, 15) is 4.79 Å². The molecule has 0 atom stereocenters. The standard InChI is InChI=1S/C16H27N3O2/c1-16(2,3)14-9-13(19(4)18-14)15(21)17-12-7-5-11(10-20)6-8-12/h9,11-12,20H,5-8,10H2,1-4H3,(H,17,21). The Morgan fingerprint density at radius 3 is 2.48 bits per heavy atom. The van der Waals surface area contributed by atoms with Gasteiger partial charge in [0.25, 0.3) is 5.91 Å². The van der Waals surface area contributed by atoms with Crippen LogP contribution in [0, 0.1) is 5.92 Å². The van der Waals surface area contributed by atoms with Gasteiger partial charge in [0, 0.05) is 25.1 Å². The lowest BCUT2D eigenvalue weighted by Crippen LogP contribution is -2.38. The number of aliphatic hydroxyl groups excluding tert-OH is 1. The van der Waals surface area contributed by atoms with Gasteiger partial charge in [0.15, 0.2) is 0 Å². The molecule has 0 bridgehead atoms. The number of rotatable bonds is 3. The molecule has 1 saturated carbocycles. The second-order valence-electron chi connectivity index (χ2n) is 7.16. The van der Waals surface area contributed by atoms with E-state index in [-0.39, 0.29) is 24.0 Å². The van der Waals surface area contributed by atoms with Crippen molar-refractivity contribution in [1.82, 2.24) is 15.1 Å². The van der Waals surface area contributed by atoms with Gasteiger partial charge < -0.3 is 10.4 Å². The molecular weight excluding hydrogens is 266 g/mol. The van der Waals surface area contributed by atoms with Crippen molar-refractivity contribution >= 4 is 5.91 Å². The highest BCUT2D eigenvalue weighted by molar-refractivity contribution is 5.92. The van der Waals surface area contributed by atoms with E-state index in [1.54, 1.807) is 4.68 Å². The third-order valence-corrected chi connectivity index (χ3v) is 4.32. The largest absolute Gasteiger partial charge is 0.396 e. The SMILES string of the molecule is Cn1nc(C(C)(C)C)cc1C(=O)NC1CCC(CO)CC1. The Balaban J connectivity index is 2.00. The average molecular weight is 293 g/mol. The zero-order valence-electron chi connectivity index (χ0n) is 13.5. The normalized spacial score (nSPS) is 23.1. The van der Waals surface area contributed by atoms with E-state index >= 15 is 0 Å². The summed E-state index contributed by atoms with van der Waals surface area (Å²) in [5.41, 5.74) is 1.48. The lowest BCUT2D eigenvalue weighted by atomic mass is 9.86. The first-order valence-corrected chi connectivity index (χ1v) is 7.77. The molecular formula is C16H27N3O2. The van der Waals surface area contributed by atoms with Gasteiger partial charge in [-0.2, -0.15) is 5.10 Å². The maximum Gasteiger partial charge on any atom is 0.269 e. The van der Waals surface area contributed by atoms with Gasteiger partial charge in [0.2, 0.25) is 0 Å². The van der Waals surface area contributed by atoms with Crippen molar-refractivity contribution in [1.29, 1.82) is 0 Å². The smallest absolute Gasteiger partial charge is 0.269 e. The summed E-state index contributed by atoms with van der Waals surface area (Å²) in [6.07, 6.45) is 3.86. The molecule has 2 rings (SSSR count). The minimum atomic E-state index is -0.0600. The Labute approximate surface area is 126 Å². The lowest BCUT2D eigenvalue weighted by molar-refractivity contribution is 0.0904. The number of nitrogens with zero attached hydrogens (tertiary/aromatic N) is 2. The summed E-state index contributed by atoms with van der Waals surface area (Å²) in [6.45, 7) is 6.53. The quantitative estimate of drug-likeness (QED) is 0.895. The highest BCUT2D eigenvalue weighted by Gasteiger charge is 2.25. The number of aromatic nitrogens is 2. The maximum atomic E-state index is 12.4. The first kappa shape index (κ1) is 16.0. The second kappa shape index (κ2) is 6.18. The van der Waals surface area contributed by atoms with Crippen molar-refractivity contribution in [3.05, 3.63) is 17.5 Å². The molecule has 5 nitrogen and oxygen atoms in total. The number of nitrogens with one attached hydrogen (secondary N) is 1. The zero-order chi connectivity index (χ0) is 15.6. The summed E-state index contributed by atoms with van der Waals surface area (Å²) < 4.78 is 1.66. The van der Waals surface area contributed by atoms with Crippen LogP contribution in [-0.4, -0.2) is 33.4 Å². The van der Waals surface area contributed by atoms with Gasteiger partial charge in [0.05, 0.1) is 5.69 Å². The van der Waals surface area contributed by atoms with Crippen molar-refractivity contribution in [2.24, 2.45) is 13.0 Å². The van der Waals surface area contributed by atoms with Gasteiger partial charge in [-0.25, -0.2) is 0 Å². The molecule has 1 aromatic heterocycles. The van der Waals surface area contributed by atoms with E-state index in [2.05, 4.69) is 31.2 Å². The number of aliphatic hydroxyl groups is 1. The molecule has 1 aromatic rings. The first-order valence-electron chi connectivity index (χ1n) is 7.77. The molecule has 1 fully saturated rings. The van der Waals surface area contributed by atoms with Crippen LogP contribution in [0.4, 0.5) is 0 Å². The third kappa shape index (κ3) is 3.84. The summed E-state index contributed by atoms with van der Waals surface area (Å²) in [4.78, 5) is 12.4. The van der Waals surface area contributed by atoms with Crippen LogP contribution in [0.5, 0.6) is 0 Å². The lowest BCUT2D eigenvalue weighted by Gasteiger charge is -2.27. The molecule has 0 unspecified atom stereocenters. The number of hydrogen-bond acceptors (Lipinski definition) is 3. The molecule has 1 amide bonds. The molecule has 21 heavy (non-hydrogen) atoms. The van der Waals surface area contributed by atoms with E-state index in [0.29, 0.717) is 11.6 Å². The fourth-order valence-electron chi connectivity index (χ4n) is 2.79. The number of carbonyl (C=O) groups excluding carboxylic acids is 1. The fourth-order valence-corrected chi connectivity index (χ4v) is 2.79. The summed E-state index contributed by atoms with van der Waals surface area (Å²) in [5, 5.41) is 16.7. The predicted octanol–water partition coefficient (Wildman–Crippen LogP) is 2.00. The Morgan fingerprint density at radius 1 is 1.38 bits per heavy atom. The van der Waals surface area contributed by atoms with E-state index in [0.717, 1.165) is 31.4 Å². The molecule has 1 aliphatic carbocycles. The molecule has 0 radical (unpaired) electrons. The predicted molar refractivity (Wildman–Crippen MR) is 82.2 cm³/mol. The first-order chi connectivity index (χ1) is 9.81. The van der Waals surface area contributed by atoms with E-state index in [4.69, 9.17) is 5.11 Å². The summed E-state index contributed by atoms with van der Waals surface area (Å²) in [7, 11) is 1.81. The van der Waals surface area contributed by atoms with Crippen LogP contribution in [0.3, 0.4) is 0 Å². The van der Waals surface area contributed by atoms with Gasteiger partial charge in [-0.15, -0.1) is 0 Å². The Morgan fingerprint density at radius 2 is 2.00 bits per heavy atom. The van der Waals surface area contributed by atoms with E-state index in [1.165, 1.54) is 0 Å². The third-order valence-electron chi connectivity index (χ3n) is 4.32. The minimum Gasteiger partial charge on any atom is -0.396 e. The zero-order valence-corrected chi connectivity index (χ0v) is 13.5. The number of hydrogen-bond donors (Lipinski definition) is 2. The highest BCUT2D eigenvalue weighted by atomic mass is 16.3. The topological polar surface area (TPSA) is 67.2 Å². The summed E-state index contributed by atoms with van der Waals surface area (Å²) in [6, 6.07) is 2.10. The van der Waals surface area contributed by atoms with E-state index in [1.807, 2.05) is 13.1 Å². The van der Waals surface area contributed by atoms with Gasteiger partial charge in [-0.1, -0.05) is 20.8 Å². The molecule has 2 N–H and O–H groups in total. The van der Waals surface area contributed by atoms with Crippen LogP contribution < -0.4 is 5.32 Å². The average Bonchev–Trinajstić information content (AvgIpc) is 2.82. The number of amides is 1.